The Hall–Kier alpha value is -2.31. The fourth-order valence-electron chi connectivity index (χ4n) is 1.89. The van der Waals surface area contributed by atoms with E-state index in [0.717, 1.165) is 12.8 Å². The highest BCUT2D eigenvalue weighted by atomic mass is 16.6. The number of anilines is 1. The van der Waals surface area contributed by atoms with Crippen LogP contribution in [0.4, 0.5) is 11.4 Å². The topological polar surface area (TPSA) is 102 Å². The van der Waals surface area contributed by atoms with Crippen LogP contribution in [0.2, 0.25) is 0 Å². The Morgan fingerprint density at radius 1 is 1.48 bits per heavy atom. The molecule has 0 amide bonds. The van der Waals surface area contributed by atoms with Crippen LogP contribution in [0.3, 0.4) is 0 Å². The first-order valence-electron chi connectivity index (χ1n) is 6.90. The summed E-state index contributed by atoms with van der Waals surface area (Å²) in [6.45, 7) is 4.01. The molecular weight excluding hydrogens is 276 g/mol. The summed E-state index contributed by atoms with van der Waals surface area (Å²) in [6, 6.07) is 3.54. The van der Waals surface area contributed by atoms with Crippen molar-refractivity contribution >= 4 is 17.3 Å². The number of carbonyl (C=O) groups is 1. The molecule has 0 radical (unpaired) electrons. The molecule has 0 aromatic heterocycles. The van der Waals surface area contributed by atoms with Gasteiger partial charge in [0.15, 0.2) is 5.75 Å². The number of carboxylic acid groups (broad SMARTS) is 1. The van der Waals surface area contributed by atoms with E-state index in [4.69, 9.17) is 4.74 Å². The molecule has 0 aliphatic rings. The van der Waals surface area contributed by atoms with E-state index in [9.17, 15) is 20.0 Å². The lowest BCUT2D eigenvalue weighted by atomic mass is 10.1. The zero-order chi connectivity index (χ0) is 15.8. The maximum atomic E-state index is 11.2. The third-order valence-corrected chi connectivity index (χ3v) is 2.94. The van der Waals surface area contributed by atoms with Gasteiger partial charge in [0.2, 0.25) is 0 Å². The Morgan fingerprint density at radius 3 is 2.71 bits per heavy atom. The quantitative estimate of drug-likeness (QED) is 0.536. The van der Waals surface area contributed by atoms with Crippen LogP contribution < -0.4 is 10.1 Å². The summed E-state index contributed by atoms with van der Waals surface area (Å²) in [7, 11) is 0. The Morgan fingerprint density at radius 2 is 2.19 bits per heavy atom. The molecule has 1 atom stereocenters. The highest BCUT2D eigenvalue weighted by molar-refractivity contribution is 5.77. The molecule has 0 saturated heterocycles. The van der Waals surface area contributed by atoms with Gasteiger partial charge in [0.25, 0.3) is 0 Å². The van der Waals surface area contributed by atoms with E-state index in [1.165, 1.54) is 18.2 Å². The largest absolute Gasteiger partial charge is 0.487 e. The molecule has 0 spiro atoms. The molecule has 1 unspecified atom stereocenters. The average molecular weight is 296 g/mol. The molecule has 0 fully saturated rings. The number of aliphatic carboxylic acids is 1. The Balaban J connectivity index is 2.94. The second-order valence-electron chi connectivity index (χ2n) is 4.55. The van der Waals surface area contributed by atoms with Gasteiger partial charge in [-0.3, -0.25) is 10.1 Å². The van der Waals surface area contributed by atoms with E-state index in [1.807, 2.05) is 6.92 Å². The van der Waals surface area contributed by atoms with Crippen LogP contribution in [0.1, 0.15) is 33.1 Å². The summed E-state index contributed by atoms with van der Waals surface area (Å²) in [4.78, 5) is 21.6. The number of hydrogen-bond donors (Lipinski definition) is 2. The number of carboxylic acids is 1. The molecule has 1 aromatic carbocycles. The Bertz CT molecular complexity index is 504. The number of hydrogen-bond acceptors (Lipinski definition) is 5. The smallest absolute Gasteiger partial charge is 0.326 e. The first-order valence-corrected chi connectivity index (χ1v) is 6.90. The van der Waals surface area contributed by atoms with Gasteiger partial charge in [-0.2, -0.15) is 0 Å². The second-order valence-corrected chi connectivity index (χ2v) is 4.55. The molecule has 1 aromatic rings. The molecule has 0 aliphatic carbocycles. The van der Waals surface area contributed by atoms with Crippen LogP contribution in [-0.4, -0.2) is 28.6 Å². The lowest BCUT2D eigenvalue weighted by Gasteiger charge is -2.16. The molecule has 0 bridgehead atoms. The summed E-state index contributed by atoms with van der Waals surface area (Å²) in [5.41, 5.74) is 0.357. The summed E-state index contributed by atoms with van der Waals surface area (Å²) >= 11 is 0. The standard InChI is InChI=1S/C14H20N2O5/c1-3-5-6-11(14(17)18)15-10-7-8-12(16(19)20)13(9-10)21-4-2/h7-9,11,15H,3-6H2,1-2H3,(H,17,18). The zero-order valence-electron chi connectivity index (χ0n) is 12.2. The summed E-state index contributed by atoms with van der Waals surface area (Å²) < 4.78 is 5.23. The number of nitrogens with zero attached hydrogens (tertiary/aromatic N) is 1. The van der Waals surface area contributed by atoms with Gasteiger partial charge < -0.3 is 15.2 Å². The average Bonchev–Trinajstić information content (AvgIpc) is 2.43. The minimum Gasteiger partial charge on any atom is -0.487 e. The minimum atomic E-state index is -0.945. The number of ether oxygens (including phenoxy) is 1. The van der Waals surface area contributed by atoms with E-state index in [-0.39, 0.29) is 11.4 Å². The molecule has 0 heterocycles. The van der Waals surface area contributed by atoms with E-state index >= 15 is 0 Å². The van der Waals surface area contributed by atoms with Crippen LogP contribution in [0.15, 0.2) is 18.2 Å². The van der Waals surface area contributed by atoms with Gasteiger partial charge >= 0.3 is 11.7 Å². The van der Waals surface area contributed by atoms with Crippen molar-refractivity contribution in [1.82, 2.24) is 0 Å². The predicted molar refractivity (Wildman–Crippen MR) is 78.8 cm³/mol. The van der Waals surface area contributed by atoms with Crippen molar-refractivity contribution in [3.05, 3.63) is 28.3 Å². The van der Waals surface area contributed by atoms with Gasteiger partial charge in [0, 0.05) is 17.8 Å². The van der Waals surface area contributed by atoms with Gasteiger partial charge in [-0.25, -0.2) is 4.79 Å². The van der Waals surface area contributed by atoms with Gasteiger partial charge in [-0.1, -0.05) is 19.8 Å². The molecule has 0 saturated carbocycles. The molecule has 7 nitrogen and oxygen atoms in total. The molecule has 116 valence electrons. The SMILES string of the molecule is CCCCC(Nc1ccc([N+](=O)[O-])c(OCC)c1)C(=O)O. The van der Waals surface area contributed by atoms with Gasteiger partial charge in [0.1, 0.15) is 6.04 Å². The first-order chi connectivity index (χ1) is 9.99. The van der Waals surface area contributed by atoms with Crippen molar-refractivity contribution < 1.29 is 19.6 Å². The molecular formula is C14H20N2O5. The van der Waals surface area contributed by atoms with Gasteiger partial charge in [0.05, 0.1) is 11.5 Å². The number of benzene rings is 1. The third kappa shape index (κ3) is 4.94. The normalized spacial score (nSPS) is 11.7. The highest BCUT2D eigenvalue weighted by Gasteiger charge is 2.19. The Labute approximate surface area is 123 Å². The zero-order valence-corrected chi connectivity index (χ0v) is 12.2. The fraction of sp³-hybridized carbons (Fsp3) is 0.500. The fourth-order valence-corrected chi connectivity index (χ4v) is 1.89. The van der Waals surface area contributed by atoms with E-state index in [2.05, 4.69) is 5.32 Å². The van der Waals surface area contributed by atoms with Crippen LogP contribution in [0.25, 0.3) is 0 Å². The number of nitro groups is 1. The van der Waals surface area contributed by atoms with E-state index in [0.29, 0.717) is 18.7 Å². The monoisotopic (exact) mass is 296 g/mol. The second kappa shape index (κ2) is 8.08. The van der Waals surface area contributed by atoms with Crippen LogP contribution in [0, 0.1) is 10.1 Å². The number of rotatable bonds is 9. The molecule has 21 heavy (non-hydrogen) atoms. The van der Waals surface area contributed by atoms with E-state index < -0.39 is 16.9 Å². The minimum absolute atomic E-state index is 0.132. The first kappa shape index (κ1) is 16.7. The molecule has 1 rings (SSSR count). The van der Waals surface area contributed by atoms with Crippen molar-refractivity contribution in [2.75, 3.05) is 11.9 Å². The maximum absolute atomic E-state index is 11.2. The third-order valence-electron chi connectivity index (χ3n) is 2.94. The van der Waals surface area contributed by atoms with Crippen LogP contribution in [-0.2, 0) is 4.79 Å². The summed E-state index contributed by atoms with van der Waals surface area (Å²) in [5.74, 6) is -0.813. The van der Waals surface area contributed by atoms with E-state index in [1.54, 1.807) is 6.92 Å². The summed E-state index contributed by atoms with van der Waals surface area (Å²) in [6.07, 6.45) is 2.18. The van der Waals surface area contributed by atoms with Crippen molar-refractivity contribution in [3.63, 3.8) is 0 Å². The number of nitrogens with one attached hydrogen (secondary N) is 1. The number of nitro benzene ring substituents is 1. The molecule has 7 heteroatoms. The lowest BCUT2D eigenvalue weighted by molar-refractivity contribution is -0.385. The predicted octanol–water partition coefficient (Wildman–Crippen LogP) is 3.05. The summed E-state index contributed by atoms with van der Waals surface area (Å²) in [5, 5.41) is 22.9. The number of unbranched alkanes of at least 4 members (excludes halogenated alkanes) is 1. The van der Waals surface area contributed by atoms with Crippen molar-refractivity contribution in [1.29, 1.82) is 0 Å². The van der Waals surface area contributed by atoms with Crippen molar-refractivity contribution in [2.45, 2.75) is 39.2 Å². The van der Waals surface area contributed by atoms with Crippen LogP contribution >= 0.6 is 0 Å². The maximum Gasteiger partial charge on any atom is 0.326 e. The van der Waals surface area contributed by atoms with Crippen LogP contribution in [0.5, 0.6) is 5.75 Å². The van der Waals surface area contributed by atoms with Gasteiger partial charge in [-0.15, -0.1) is 0 Å². The van der Waals surface area contributed by atoms with Gasteiger partial charge in [-0.05, 0) is 19.4 Å². The van der Waals surface area contributed by atoms with Crippen molar-refractivity contribution in [3.8, 4) is 5.75 Å². The molecule has 2 N–H and O–H groups in total. The highest BCUT2D eigenvalue weighted by Crippen LogP contribution is 2.30. The lowest BCUT2D eigenvalue weighted by Crippen LogP contribution is -2.29. The Kier molecular flexibility index (Phi) is 6.45. The molecule has 0 aliphatic heterocycles. The van der Waals surface area contributed by atoms with Crippen molar-refractivity contribution in [2.24, 2.45) is 0 Å².